The lowest BCUT2D eigenvalue weighted by Crippen LogP contribution is -2.45. The monoisotopic (exact) mass is 346 g/mol. The van der Waals surface area contributed by atoms with Crippen LogP contribution in [0.5, 0.6) is 0 Å². The molecule has 0 bridgehead atoms. The number of hydrogen-bond donors (Lipinski definition) is 1. The maximum absolute atomic E-state index is 13.0. The van der Waals surface area contributed by atoms with Crippen molar-refractivity contribution >= 4 is 17.2 Å². The van der Waals surface area contributed by atoms with Crippen LogP contribution in [0.4, 0.5) is 37.7 Å². The molecule has 0 unspecified atom stereocenters. The Kier molecular flexibility index (Phi) is 5.16. The van der Waals surface area contributed by atoms with Gasteiger partial charge < -0.3 is 5.32 Å². The Morgan fingerprint density at radius 1 is 0.750 bits per heavy atom. The van der Waals surface area contributed by atoms with Gasteiger partial charge in [0.25, 0.3) is 0 Å². The average Bonchev–Trinajstić information content (AvgIpc) is 2.46. The molecular weight excluding hydrogens is 334 g/mol. The van der Waals surface area contributed by atoms with E-state index in [9.17, 15) is 26.3 Å². The van der Waals surface area contributed by atoms with Crippen molar-refractivity contribution in [3.05, 3.63) is 60.7 Å². The molecule has 1 N–H and O–H groups in total. The molecular formula is C16H12F6N2. The zero-order chi connectivity index (χ0) is 17.8. The summed E-state index contributed by atoms with van der Waals surface area (Å²) < 4.78 is 78.2. The molecule has 2 nitrogen and oxygen atoms in total. The van der Waals surface area contributed by atoms with E-state index in [1.165, 1.54) is 48.5 Å². The molecule has 0 heterocycles. The van der Waals surface area contributed by atoms with Gasteiger partial charge in [0.05, 0.1) is 5.69 Å². The van der Waals surface area contributed by atoms with Crippen LogP contribution in [0.3, 0.4) is 0 Å². The van der Waals surface area contributed by atoms with Crippen LogP contribution in [0.1, 0.15) is 0 Å². The fourth-order valence-electron chi connectivity index (χ4n) is 1.97. The summed E-state index contributed by atoms with van der Waals surface area (Å²) in [7, 11) is 0. The highest BCUT2D eigenvalue weighted by molar-refractivity contribution is 5.99. The molecule has 0 aliphatic rings. The fraction of sp³-hybridized carbons (Fsp3) is 0.188. The number of aliphatic imine (C=N–C) groups is 1. The highest BCUT2D eigenvalue weighted by Crippen LogP contribution is 2.41. The summed E-state index contributed by atoms with van der Waals surface area (Å²) in [5, 5.41) is 2.15. The second-order valence-electron chi connectivity index (χ2n) is 4.84. The Morgan fingerprint density at radius 2 is 1.21 bits per heavy atom. The first-order valence-corrected chi connectivity index (χ1v) is 6.77. The normalized spacial score (nSPS) is 13.2. The third kappa shape index (κ3) is 4.74. The molecule has 0 aliphatic heterocycles. The number of hydrogen-bond acceptors (Lipinski definition) is 1. The summed E-state index contributed by atoms with van der Waals surface area (Å²) in [5.41, 5.74) is 0.0557. The third-order valence-electron chi connectivity index (χ3n) is 2.98. The Morgan fingerprint density at radius 3 is 1.67 bits per heavy atom. The largest absolute Gasteiger partial charge is 0.407 e. The molecule has 0 aromatic heterocycles. The molecule has 24 heavy (non-hydrogen) atoms. The first-order chi connectivity index (χ1) is 11.2. The molecule has 0 spiro atoms. The number of rotatable bonds is 3. The minimum atomic E-state index is -5.53. The van der Waals surface area contributed by atoms with Crippen LogP contribution in [0.25, 0.3) is 0 Å². The lowest BCUT2D eigenvalue weighted by molar-refractivity contribution is -0.260. The predicted molar refractivity (Wildman–Crippen MR) is 79.2 cm³/mol. The van der Waals surface area contributed by atoms with Crippen molar-refractivity contribution in [2.45, 2.75) is 12.4 Å². The number of nitrogens with one attached hydrogen (secondary N) is 1. The van der Waals surface area contributed by atoms with Gasteiger partial charge in [0.2, 0.25) is 5.92 Å². The molecule has 8 heteroatoms. The molecule has 128 valence electrons. The molecule has 0 radical (unpaired) electrons. The molecule has 2 rings (SSSR count). The van der Waals surface area contributed by atoms with Crippen LogP contribution in [0.2, 0.25) is 0 Å². The number of halogens is 6. The fourth-order valence-corrected chi connectivity index (χ4v) is 1.97. The summed E-state index contributed by atoms with van der Waals surface area (Å²) in [6, 6.07) is 14.4. The van der Waals surface area contributed by atoms with E-state index in [-0.39, 0.29) is 11.4 Å². The molecule has 0 aliphatic carbocycles. The topological polar surface area (TPSA) is 24.4 Å². The van der Waals surface area contributed by atoms with Crippen LogP contribution in [-0.4, -0.2) is 18.2 Å². The summed E-state index contributed by atoms with van der Waals surface area (Å²) in [5.74, 6) is -4.95. The van der Waals surface area contributed by atoms with Crippen LogP contribution in [-0.2, 0) is 0 Å². The predicted octanol–water partition coefficient (Wildman–Crippen LogP) is 5.57. The van der Waals surface area contributed by atoms with Crippen molar-refractivity contribution in [2.75, 3.05) is 5.32 Å². The van der Waals surface area contributed by atoms with Crippen molar-refractivity contribution in [1.29, 1.82) is 0 Å². The average molecular weight is 346 g/mol. The van der Waals surface area contributed by atoms with E-state index in [1.807, 2.05) is 0 Å². The van der Waals surface area contributed by atoms with Gasteiger partial charge in [-0.2, -0.15) is 26.3 Å². The van der Waals surface area contributed by atoms with Crippen LogP contribution < -0.4 is 5.32 Å². The van der Waals surface area contributed by atoms with Gasteiger partial charge in [-0.1, -0.05) is 36.4 Å². The van der Waals surface area contributed by atoms with E-state index in [0.717, 1.165) is 0 Å². The van der Waals surface area contributed by atoms with Gasteiger partial charge in [0.15, 0.2) is 0 Å². The molecule has 0 saturated heterocycles. The van der Waals surface area contributed by atoms with Crippen molar-refractivity contribution in [3.63, 3.8) is 0 Å². The maximum Gasteiger partial charge on any atom is 0.407 e. The first-order valence-electron chi connectivity index (χ1n) is 6.77. The third-order valence-corrected chi connectivity index (χ3v) is 2.98. The van der Waals surface area contributed by atoms with Gasteiger partial charge in [0.1, 0.15) is 5.84 Å². The Labute approximate surface area is 133 Å². The van der Waals surface area contributed by atoms with Crippen molar-refractivity contribution in [2.24, 2.45) is 10.9 Å². The van der Waals surface area contributed by atoms with E-state index >= 15 is 0 Å². The van der Waals surface area contributed by atoms with E-state index in [4.69, 9.17) is 0 Å². The minimum absolute atomic E-state index is 0.0190. The maximum atomic E-state index is 13.0. The standard InChI is InChI=1S/C16H12F6N2/c17-15(18,19)13(16(20,21)22)14(23-11-7-3-1-4-8-11)24-12-9-5-2-6-10-12/h1-10,13H,(H,23,24). The summed E-state index contributed by atoms with van der Waals surface area (Å²) >= 11 is 0. The Bertz CT molecular complexity index is 663. The Hall–Kier alpha value is -2.51. The summed E-state index contributed by atoms with van der Waals surface area (Å²) in [4.78, 5) is 3.55. The summed E-state index contributed by atoms with van der Waals surface area (Å²) in [6.45, 7) is 0. The van der Waals surface area contributed by atoms with E-state index < -0.39 is 24.1 Å². The number of amidine groups is 1. The molecule has 0 saturated carbocycles. The number of anilines is 1. The SMILES string of the molecule is FC(F)(F)C(C(=Nc1ccccc1)Nc1ccccc1)C(F)(F)F. The Balaban J connectivity index is 2.50. The van der Waals surface area contributed by atoms with Crippen LogP contribution >= 0.6 is 0 Å². The smallest absolute Gasteiger partial charge is 0.343 e. The van der Waals surface area contributed by atoms with Gasteiger partial charge in [-0.25, -0.2) is 4.99 Å². The lowest BCUT2D eigenvalue weighted by Gasteiger charge is -2.25. The van der Waals surface area contributed by atoms with Crippen molar-refractivity contribution in [1.82, 2.24) is 0 Å². The highest BCUT2D eigenvalue weighted by Gasteiger charge is 2.59. The summed E-state index contributed by atoms with van der Waals surface area (Å²) in [6.07, 6.45) is -11.1. The van der Waals surface area contributed by atoms with E-state index in [1.54, 1.807) is 12.1 Å². The van der Waals surface area contributed by atoms with Crippen LogP contribution in [0.15, 0.2) is 65.7 Å². The van der Waals surface area contributed by atoms with Crippen LogP contribution in [0, 0.1) is 5.92 Å². The van der Waals surface area contributed by atoms with Gasteiger partial charge in [-0.15, -0.1) is 0 Å². The van der Waals surface area contributed by atoms with E-state index in [0.29, 0.717) is 0 Å². The highest BCUT2D eigenvalue weighted by atomic mass is 19.4. The van der Waals surface area contributed by atoms with Gasteiger partial charge >= 0.3 is 12.4 Å². The van der Waals surface area contributed by atoms with Crippen molar-refractivity contribution in [3.8, 4) is 0 Å². The number of para-hydroxylation sites is 2. The first kappa shape index (κ1) is 17.8. The second kappa shape index (κ2) is 6.94. The minimum Gasteiger partial charge on any atom is -0.343 e. The number of nitrogens with zero attached hydrogens (tertiary/aromatic N) is 1. The number of benzene rings is 2. The zero-order valence-corrected chi connectivity index (χ0v) is 12.1. The van der Waals surface area contributed by atoms with Gasteiger partial charge in [0, 0.05) is 5.69 Å². The molecule has 0 fully saturated rings. The number of alkyl halides is 6. The van der Waals surface area contributed by atoms with Gasteiger partial charge in [-0.05, 0) is 24.3 Å². The van der Waals surface area contributed by atoms with E-state index in [2.05, 4.69) is 10.3 Å². The van der Waals surface area contributed by atoms with Crippen molar-refractivity contribution < 1.29 is 26.3 Å². The molecule has 2 aromatic rings. The molecule has 2 aromatic carbocycles. The van der Waals surface area contributed by atoms with Gasteiger partial charge in [-0.3, -0.25) is 0 Å². The molecule has 0 amide bonds. The quantitative estimate of drug-likeness (QED) is 0.439. The molecule has 0 atom stereocenters. The second-order valence-corrected chi connectivity index (χ2v) is 4.84. The lowest BCUT2D eigenvalue weighted by atomic mass is 10.1. The zero-order valence-electron chi connectivity index (χ0n) is 12.1.